The van der Waals surface area contributed by atoms with Crippen molar-refractivity contribution in [1.29, 1.82) is 0 Å². The van der Waals surface area contributed by atoms with E-state index in [1.807, 2.05) is 36.2 Å². The molecule has 4 nitrogen and oxygen atoms in total. The summed E-state index contributed by atoms with van der Waals surface area (Å²) in [6.07, 6.45) is 5.84. The number of halogens is 1. The van der Waals surface area contributed by atoms with E-state index in [4.69, 9.17) is 11.6 Å². The molecule has 5 heteroatoms. The number of rotatable bonds is 6. The smallest absolute Gasteiger partial charge is 0.317 e. The molecule has 1 aliphatic carbocycles. The molecule has 1 aromatic carbocycles. The molecule has 1 fully saturated rings. The second-order valence-electron chi connectivity index (χ2n) is 6.43. The monoisotopic (exact) mass is 338 g/mol. The molecule has 1 saturated carbocycles. The second-order valence-corrected chi connectivity index (χ2v) is 6.87. The Morgan fingerprint density at radius 3 is 2.52 bits per heavy atom. The summed E-state index contributed by atoms with van der Waals surface area (Å²) in [5, 5.41) is 12.9. The highest BCUT2D eigenvalue weighted by atomic mass is 35.5. The SMILES string of the molecule is CN(C(=O)NCCCc1ccc(Cl)cc1)C1CCC(CO)CC1. The van der Waals surface area contributed by atoms with Crippen LogP contribution in [0.1, 0.15) is 37.7 Å². The zero-order valence-corrected chi connectivity index (χ0v) is 14.6. The number of nitrogens with one attached hydrogen (secondary N) is 1. The predicted octanol–water partition coefficient (Wildman–Crippen LogP) is 3.47. The van der Waals surface area contributed by atoms with Crippen molar-refractivity contribution < 1.29 is 9.90 Å². The minimum atomic E-state index is 0.00792. The van der Waals surface area contributed by atoms with Crippen molar-refractivity contribution in [2.75, 3.05) is 20.2 Å². The molecule has 0 heterocycles. The molecule has 0 spiro atoms. The van der Waals surface area contributed by atoms with Crippen LogP contribution in [0.5, 0.6) is 0 Å². The maximum absolute atomic E-state index is 12.2. The fourth-order valence-corrected chi connectivity index (χ4v) is 3.27. The Bertz CT molecular complexity index is 484. The van der Waals surface area contributed by atoms with Crippen molar-refractivity contribution >= 4 is 17.6 Å². The first kappa shape index (κ1) is 18.1. The van der Waals surface area contributed by atoms with Crippen LogP contribution in [0.2, 0.25) is 5.02 Å². The topological polar surface area (TPSA) is 52.6 Å². The number of hydrogen-bond donors (Lipinski definition) is 2. The molecule has 0 unspecified atom stereocenters. The van der Waals surface area contributed by atoms with Crippen LogP contribution in [-0.2, 0) is 6.42 Å². The number of carbonyl (C=O) groups is 1. The zero-order chi connectivity index (χ0) is 16.7. The van der Waals surface area contributed by atoms with Gasteiger partial charge in [0.05, 0.1) is 0 Å². The third-order valence-electron chi connectivity index (χ3n) is 4.77. The summed E-state index contributed by atoms with van der Waals surface area (Å²) in [7, 11) is 1.87. The molecule has 2 amide bonds. The van der Waals surface area contributed by atoms with Gasteiger partial charge in [0.15, 0.2) is 0 Å². The average molecular weight is 339 g/mol. The van der Waals surface area contributed by atoms with Crippen LogP contribution < -0.4 is 5.32 Å². The Kier molecular flexibility index (Phi) is 7.18. The number of aryl methyl sites for hydroxylation is 1. The van der Waals surface area contributed by atoms with E-state index in [0.717, 1.165) is 43.5 Å². The van der Waals surface area contributed by atoms with Gasteiger partial charge in [-0.25, -0.2) is 4.79 Å². The minimum absolute atomic E-state index is 0.00792. The van der Waals surface area contributed by atoms with E-state index in [2.05, 4.69) is 5.32 Å². The first-order valence-electron chi connectivity index (χ1n) is 8.46. The summed E-state index contributed by atoms with van der Waals surface area (Å²) in [5.41, 5.74) is 1.24. The van der Waals surface area contributed by atoms with Gasteiger partial charge in [0.1, 0.15) is 0 Å². The zero-order valence-electron chi connectivity index (χ0n) is 13.8. The third-order valence-corrected chi connectivity index (χ3v) is 5.03. The summed E-state index contributed by atoms with van der Waals surface area (Å²) < 4.78 is 0. The number of carbonyl (C=O) groups excluding carboxylic acids is 1. The standard InChI is InChI=1S/C18H27ClN2O2/c1-21(17-10-6-15(13-22)7-11-17)18(23)20-12-2-3-14-4-8-16(19)9-5-14/h4-5,8-9,15,17,22H,2-3,6-7,10-13H2,1H3,(H,20,23). The fourth-order valence-electron chi connectivity index (χ4n) is 3.14. The van der Waals surface area contributed by atoms with Gasteiger partial charge in [-0.1, -0.05) is 23.7 Å². The van der Waals surface area contributed by atoms with Crippen LogP contribution in [0, 0.1) is 5.92 Å². The van der Waals surface area contributed by atoms with Crippen molar-refractivity contribution in [3.63, 3.8) is 0 Å². The molecular formula is C18H27ClN2O2. The Balaban J connectivity index is 1.65. The molecule has 1 aromatic rings. The molecular weight excluding hydrogens is 312 g/mol. The predicted molar refractivity (Wildman–Crippen MR) is 93.8 cm³/mol. The maximum atomic E-state index is 12.2. The van der Waals surface area contributed by atoms with Gasteiger partial charge in [0.2, 0.25) is 0 Å². The Hall–Kier alpha value is -1.26. The van der Waals surface area contributed by atoms with Crippen LogP contribution in [-0.4, -0.2) is 42.3 Å². The van der Waals surface area contributed by atoms with E-state index in [0.29, 0.717) is 18.5 Å². The summed E-state index contributed by atoms with van der Waals surface area (Å²) in [6.45, 7) is 0.950. The molecule has 1 aliphatic rings. The number of aliphatic hydroxyl groups excluding tert-OH is 1. The molecule has 0 saturated heterocycles. The van der Waals surface area contributed by atoms with Crippen molar-refractivity contribution in [2.24, 2.45) is 5.92 Å². The van der Waals surface area contributed by atoms with Crippen LogP contribution in [0.15, 0.2) is 24.3 Å². The number of aliphatic hydroxyl groups is 1. The Labute approximate surface area is 143 Å². The molecule has 2 N–H and O–H groups in total. The van der Waals surface area contributed by atoms with Crippen molar-refractivity contribution in [2.45, 2.75) is 44.6 Å². The van der Waals surface area contributed by atoms with E-state index in [-0.39, 0.29) is 12.6 Å². The maximum Gasteiger partial charge on any atom is 0.317 e. The number of nitrogens with zero attached hydrogens (tertiary/aromatic N) is 1. The van der Waals surface area contributed by atoms with Crippen LogP contribution >= 0.6 is 11.6 Å². The lowest BCUT2D eigenvalue weighted by atomic mass is 9.86. The van der Waals surface area contributed by atoms with Gasteiger partial charge in [-0.15, -0.1) is 0 Å². The van der Waals surface area contributed by atoms with Gasteiger partial charge in [0.25, 0.3) is 0 Å². The molecule has 23 heavy (non-hydrogen) atoms. The minimum Gasteiger partial charge on any atom is -0.396 e. The van der Waals surface area contributed by atoms with Crippen molar-refractivity contribution in [3.8, 4) is 0 Å². The van der Waals surface area contributed by atoms with E-state index in [1.54, 1.807) is 0 Å². The van der Waals surface area contributed by atoms with Gasteiger partial charge in [-0.05, 0) is 62.1 Å². The van der Waals surface area contributed by atoms with Gasteiger partial charge in [0, 0.05) is 31.3 Å². The van der Waals surface area contributed by atoms with E-state index < -0.39 is 0 Å². The summed E-state index contributed by atoms with van der Waals surface area (Å²) in [6, 6.07) is 8.14. The lowest BCUT2D eigenvalue weighted by Gasteiger charge is -2.34. The van der Waals surface area contributed by atoms with Crippen molar-refractivity contribution in [1.82, 2.24) is 10.2 Å². The third kappa shape index (κ3) is 5.70. The van der Waals surface area contributed by atoms with E-state index in [1.165, 1.54) is 5.56 Å². The van der Waals surface area contributed by atoms with Gasteiger partial charge >= 0.3 is 6.03 Å². The highest BCUT2D eigenvalue weighted by molar-refractivity contribution is 6.30. The van der Waals surface area contributed by atoms with E-state index in [9.17, 15) is 9.90 Å². The highest BCUT2D eigenvalue weighted by Crippen LogP contribution is 2.26. The van der Waals surface area contributed by atoms with Crippen LogP contribution in [0.4, 0.5) is 4.79 Å². The number of benzene rings is 1. The molecule has 0 radical (unpaired) electrons. The Morgan fingerprint density at radius 1 is 1.26 bits per heavy atom. The average Bonchev–Trinajstić information content (AvgIpc) is 2.59. The Morgan fingerprint density at radius 2 is 1.91 bits per heavy atom. The van der Waals surface area contributed by atoms with Gasteiger partial charge < -0.3 is 15.3 Å². The first-order valence-corrected chi connectivity index (χ1v) is 8.84. The van der Waals surface area contributed by atoms with Gasteiger partial charge in [-0.3, -0.25) is 0 Å². The quantitative estimate of drug-likeness (QED) is 0.780. The molecule has 2 rings (SSSR count). The van der Waals surface area contributed by atoms with Gasteiger partial charge in [-0.2, -0.15) is 0 Å². The number of hydrogen-bond acceptors (Lipinski definition) is 2. The molecule has 0 aliphatic heterocycles. The second kappa shape index (κ2) is 9.14. The summed E-state index contributed by atoms with van der Waals surface area (Å²) in [4.78, 5) is 14.0. The van der Waals surface area contributed by atoms with Crippen LogP contribution in [0.3, 0.4) is 0 Å². The first-order chi connectivity index (χ1) is 11.1. The number of amides is 2. The molecule has 0 bridgehead atoms. The largest absolute Gasteiger partial charge is 0.396 e. The molecule has 128 valence electrons. The lowest BCUT2D eigenvalue weighted by Crippen LogP contribution is -2.45. The highest BCUT2D eigenvalue weighted by Gasteiger charge is 2.25. The molecule has 0 aromatic heterocycles. The summed E-state index contributed by atoms with van der Waals surface area (Å²) >= 11 is 5.87. The summed E-state index contributed by atoms with van der Waals surface area (Å²) in [5.74, 6) is 0.419. The fraction of sp³-hybridized carbons (Fsp3) is 0.611. The normalized spacial score (nSPS) is 21.0. The number of urea groups is 1. The van der Waals surface area contributed by atoms with Crippen molar-refractivity contribution in [3.05, 3.63) is 34.9 Å². The lowest BCUT2D eigenvalue weighted by molar-refractivity contribution is 0.134. The molecule has 0 atom stereocenters. The van der Waals surface area contributed by atoms with E-state index >= 15 is 0 Å². The van der Waals surface area contributed by atoms with Crippen LogP contribution in [0.25, 0.3) is 0 Å².